The lowest BCUT2D eigenvalue weighted by molar-refractivity contribution is 0.0955. The number of benzene rings is 4. The van der Waals surface area contributed by atoms with E-state index in [4.69, 9.17) is 60.6 Å². The fourth-order valence-electron chi connectivity index (χ4n) is 3.52. The zero-order valence-electron chi connectivity index (χ0n) is 21.3. The highest BCUT2D eigenvalue weighted by molar-refractivity contribution is 6.35. The lowest BCUT2D eigenvalue weighted by atomic mass is 10.2. The molecule has 0 atom stereocenters. The maximum atomic E-state index is 12.5. The van der Waals surface area contributed by atoms with Gasteiger partial charge in [0.2, 0.25) is 0 Å². The molecule has 10 heteroatoms. The Balaban J connectivity index is 1.32. The number of nitrogens with zero attached hydrogens (tertiary/aromatic N) is 1. The van der Waals surface area contributed by atoms with E-state index < -0.39 is 0 Å². The van der Waals surface area contributed by atoms with Gasteiger partial charge in [-0.05, 0) is 79.2 Å². The van der Waals surface area contributed by atoms with E-state index in [2.05, 4.69) is 10.5 Å². The quantitative estimate of drug-likeness (QED) is 0.135. The first kappa shape index (κ1) is 29.6. The van der Waals surface area contributed by atoms with Gasteiger partial charge in [0, 0.05) is 36.8 Å². The Morgan fingerprint density at radius 3 is 1.98 bits per heavy atom. The van der Waals surface area contributed by atoms with Gasteiger partial charge in [0.25, 0.3) is 5.91 Å². The maximum absolute atomic E-state index is 12.5. The molecule has 0 spiro atoms. The minimum Gasteiger partial charge on any atom is -0.490 e. The van der Waals surface area contributed by atoms with Crippen molar-refractivity contribution in [1.29, 1.82) is 0 Å². The molecule has 0 heterocycles. The molecule has 0 radical (unpaired) electrons. The number of halogens is 4. The molecule has 0 bridgehead atoms. The molecule has 0 aromatic heterocycles. The van der Waals surface area contributed by atoms with Gasteiger partial charge in [-0.15, -0.1) is 0 Å². The van der Waals surface area contributed by atoms with Crippen molar-refractivity contribution in [2.75, 3.05) is 6.61 Å². The molecule has 4 rings (SSSR count). The summed E-state index contributed by atoms with van der Waals surface area (Å²) in [5.41, 5.74) is 5.27. The summed E-state index contributed by atoms with van der Waals surface area (Å²) in [6.07, 6.45) is 1.52. The molecule has 0 aliphatic rings. The largest absolute Gasteiger partial charge is 0.490 e. The number of hydrogen-bond donors (Lipinski definition) is 1. The van der Waals surface area contributed by atoms with Crippen LogP contribution in [0.4, 0.5) is 0 Å². The Bertz CT molecular complexity index is 1510. The van der Waals surface area contributed by atoms with Crippen LogP contribution >= 0.6 is 46.4 Å². The van der Waals surface area contributed by atoms with Gasteiger partial charge in [-0.25, -0.2) is 5.43 Å². The molecule has 206 valence electrons. The first-order chi connectivity index (χ1) is 19.3. The molecule has 1 N–H and O–H groups in total. The highest BCUT2D eigenvalue weighted by Crippen LogP contribution is 2.30. The molecular formula is C30H24Cl4N2O4. The van der Waals surface area contributed by atoms with Crippen molar-refractivity contribution in [3.63, 3.8) is 0 Å². The Morgan fingerprint density at radius 1 is 0.750 bits per heavy atom. The van der Waals surface area contributed by atoms with Crippen molar-refractivity contribution in [3.8, 4) is 17.2 Å². The van der Waals surface area contributed by atoms with Crippen molar-refractivity contribution in [2.24, 2.45) is 5.10 Å². The number of ether oxygens (including phenoxy) is 3. The lowest BCUT2D eigenvalue weighted by Crippen LogP contribution is -2.17. The molecule has 0 aliphatic carbocycles. The number of hydrazone groups is 1. The highest BCUT2D eigenvalue weighted by atomic mass is 35.5. The van der Waals surface area contributed by atoms with Crippen LogP contribution in [0.15, 0.2) is 84.0 Å². The number of nitrogens with one attached hydrogen (secondary N) is 1. The van der Waals surface area contributed by atoms with Crippen LogP contribution in [0, 0.1) is 0 Å². The van der Waals surface area contributed by atoms with Gasteiger partial charge >= 0.3 is 0 Å². The smallest absolute Gasteiger partial charge is 0.271 e. The third kappa shape index (κ3) is 8.29. The number of hydrogen-bond acceptors (Lipinski definition) is 5. The fourth-order valence-corrected chi connectivity index (χ4v) is 4.45. The standard InChI is InChI=1S/C30H24Cl4N2O4/c1-2-38-29-13-19(3-12-28(29)40-18-22-5-9-24(32)15-27(22)34)16-35-36-30(37)20-6-10-25(11-7-20)39-17-21-4-8-23(31)14-26(21)33/h3-16H,2,17-18H2,1H3,(H,36,37)/b35-16+. The zero-order valence-corrected chi connectivity index (χ0v) is 24.3. The summed E-state index contributed by atoms with van der Waals surface area (Å²) >= 11 is 24.3. The molecular weight excluding hydrogens is 594 g/mol. The second-order valence-corrected chi connectivity index (χ2v) is 10.1. The van der Waals surface area contributed by atoms with Gasteiger partial charge in [-0.2, -0.15) is 5.10 Å². The van der Waals surface area contributed by atoms with Crippen LogP contribution in [0.3, 0.4) is 0 Å². The van der Waals surface area contributed by atoms with Gasteiger partial charge in [0.05, 0.1) is 12.8 Å². The Kier molecular flexibility index (Phi) is 10.6. The van der Waals surface area contributed by atoms with Crippen LogP contribution < -0.4 is 19.6 Å². The topological polar surface area (TPSA) is 69.2 Å². The van der Waals surface area contributed by atoms with Crippen molar-refractivity contribution < 1.29 is 19.0 Å². The van der Waals surface area contributed by atoms with E-state index in [-0.39, 0.29) is 19.1 Å². The fraction of sp³-hybridized carbons (Fsp3) is 0.133. The summed E-state index contributed by atoms with van der Waals surface area (Å²) in [5, 5.41) is 6.24. The summed E-state index contributed by atoms with van der Waals surface area (Å²) in [5.74, 6) is 1.32. The Morgan fingerprint density at radius 2 is 1.38 bits per heavy atom. The normalized spacial score (nSPS) is 10.9. The summed E-state index contributed by atoms with van der Waals surface area (Å²) < 4.78 is 17.4. The molecule has 6 nitrogen and oxygen atoms in total. The van der Waals surface area contributed by atoms with Gasteiger partial charge < -0.3 is 14.2 Å². The molecule has 4 aromatic rings. The first-order valence-electron chi connectivity index (χ1n) is 12.2. The minimum absolute atomic E-state index is 0.248. The van der Waals surface area contributed by atoms with Crippen LogP contribution in [0.1, 0.15) is 34.0 Å². The number of amides is 1. The van der Waals surface area contributed by atoms with Crippen LogP contribution in [0.2, 0.25) is 20.1 Å². The lowest BCUT2D eigenvalue weighted by Gasteiger charge is -2.13. The summed E-state index contributed by atoms with van der Waals surface area (Å²) in [4.78, 5) is 12.5. The molecule has 4 aromatic carbocycles. The van der Waals surface area contributed by atoms with Crippen LogP contribution in [-0.2, 0) is 13.2 Å². The number of rotatable bonds is 11. The summed E-state index contributed by atoms with van der Waals surface area (Å²) in [6, 6.07) is 22.5. The van der Waals surface area contributed by atoms with E-state index in [1.165, 1.54) is 6.21 Å². The number of carbonyl (C=O) groups is 1. The van der Waals surface area contributed by atoms with Gasteiger partial charge in [0.1, 0.15) is 19.0 Å². The Labute approximate surface area is 252 Å². The Hall–Kier alpha value is -3.42. The molecule has 1 amide bonds. The van der Waals surface area contributed by atoms with Crippen molar-refractivity contribution >= 4 is 58.5 Å². The monoisotopic (exact) mass is 616 g/mol. The van der Waals surface area contributed by atoms with Crippen molar-refractivity contribution in [3.05, 3.63) is 121 Å². The second kappa shape index (κ2) is 14.3. The van der Waals surface area contributed by atoms with Crippen molar-refractivity contribution in [2.45, 2.75) is 20.1 Å². The summed E-state index contributed by atoms with van der Waals surface area (Å²) in [6.45, 7) is 2.85. The third-order valence-corrected chi connectivity index (χ3v) is 6.75. The molecule has 0 unspecified atom stereocenters. The van der Waals surface area contributed by atoms with E-state index >= 15 is 0 Å². The molecule has 0 saturated carbocycles. The average Bonchev–Trinajstić information content (AvgIpc) is 2.93. The van der Waals surface area contributed by atoms with E-state index in [1.54, 1.807) is 72.8 Å². The maximum Gasteiger partial charge on any atom is 0.271 e. The van der Waals surface area contributed by atoms with Gasteiger partial charge in [-0.1, -0.05) is 58.5 Å². The first-order valence-corrected chi connectivity index (χ1v) is 13.7. The predicted octanol–water partition coefficient (Wildman–Crippen LogP) is 8.62. The third-order valence-electron chi connectivity index (χ3n) is 5.57. The van der Waals surface area contributed by atoms with Crippen LogP contribution in [0.5, 0.6) is 17.2 Å². The van der Waals surface area contributed by atoms with Gasteiger partial charge in [0.15, 0.2) is 11.5 Å². The van der Waals surface area contributed by atoms with Crippen molar-refractivity contribution in [1.82, 2.24) is 5.43 Å². The highest BCUT2D eigenvalue weighted by Gasteiger charge is 2.10. The zero-order chi connectivity index (χ0) is 28.5. The molecule has 0 aliphatic heterocycles. The van der Waals surface area contributed by atoms with Crippen LogP contribution in [0.25, 0.3) is 0 Å². The average molecular weight is 618 g/mol. The van der Waals surface area contributed by atoms with E-state index in [0.29, 0.717) is 55.1 Å². The molecule has 0 saturated heterocycles. The summed E-state index contributed by atoms with van der Waals surface area (Å²) in [7, 11) is 0. The van der Waals surface area contributed by atoms with E-state index in [0.717, 1.165) is 11.1 Å². The number of carbonyl (C=O) groups excluding carboxylic acids is 1. The minimum atomic E-state index is -0.367. The molecule has 40 heavy (non-hydrogen) atoms. The van der Waals surface area contributed by atoms with E-state index in [9.17, 15) is 4.79 Å². The van der Waals surface area contributed by atoms with Crippen LogP contribution in [-0.4, -0.2) is 18.7 Å². The second-order valence-electron chi connectivity index (χ2n) is 8.41. The van der Waals surface area contributed by atoms with E-state index in [1.807, 2.05) is 13.0 Å². The SMILES string of the molecule is CCOc1cc(/C=N/NC(=O)c2ccc(OCc3ccc(Cl)cc3Cl)cc2)ccc1OCc1ccc(Cl)cc1Cl. The molecule has 0 fully saturated rings. The predicted molar refractivity (Wildman–Crippen MR) is 161 cm³/mol. The van der Waals surface area contributed by atoms with Gasteiger partial charge in [-0.3, -0.25) is 4.79 Å².